The lowest BCUT2D eigenvalue weighted by Gasteiger charge is -2.10. The zero-order chi connectivity index (χ0) is 15.5. The van der Waals surface area contributed by atoms with Crippen molar-refractivity contribution in [3.63, 3.8) is 0 Å². The van der Waals surface area contributed by atoms with Crippen molar-refractivity contribution in [1.82, 2.24) is 0 Å². The van der Waals surface area contributed by atoms with E-state index in [9.17, 15) is 13.2 Å². The number of benzene rings is 2. The van der Waals surface area contributed by atoms with Crippen LogP contribution in [-0.4, -0.2) is 0 Å². The molecule has 0 heterocycles. The lowest BCUT2D eigenvalue weighted by molar-refractivity contribution is -0.137. The van der Waals surface area contributed by atoms with Crippen molar-refractivity contribution in [3.8, 4) is 6.07 Å². The van der Waals surface area contributed by atoms with Crippen molar-refractivity contribution in [2.24, 2.45) is 0 Å². The summed E-state index contributed by atoms with van der Waals surface area (Å²) in [5.74, 6) is 0. The van der Waals surface area contributed by atoms with Crippen LogP contribution in [0.4, 0.5) is 24.5 Å². The fourth-order valence-corrected chi connectivity index (χ4v) is 1.78. The van der Waals surface area contributed by atoms with Gasteiger partial charge in [0.1, 0.15) is 6.07 Å². The summed E-state index contributed by atoms with van der Waals surface area (Å²) in [7, 11) is 0. The third-order valence-corrected chi connectivity index (χ3v) is 2.95. The van der Waals surface area contributed by atoms with Crippen LogP contribution in [0.2, 0.25) is 0 Å². The molecular formula is C15H12F3N3. The number of nitrogens with two attached hydrogens (primary N) is 1. The molecule has 0 unspecified atom stereocenters. The summed E-state index contributed by atoms with van der Waals surface area (Å²) in [6.07, 6.45) is -4.33. The van der Waals surface area contributed by atoms with Crippen molar-refractivity contribution < 1.29 is 13.2 Å². The number of nitriles is 1. The van der Waals surface area contributed by atoms with Crippen LogP contribution in [-0.2, 0) is 12.7 Å². The highest BCUT2D eigenvalue weighted by Gasteiger charge is 2.29. The maximum absolute atomic E-state index is 12.4. The third kappa shape index (κ3) is 3.66. The normalized spacial score (nSPS) is 11.0. The Morgan fingerprint density at radius 1 is 1.10 bits per heavy atom. The summed E-state index contributed by atoms with van der Waals surface area (Å²) in [6.45, 7) is 0.354. The first kappa shape index (κ1) is 14.7. The van der Waals surface area contributed by atoms with Gasteiger partial charge in [0, 0.05) is 17.9 Å². The fourth-order valence-electron chi connectivity index (χ4n) is 1.78. The highest BCUT2D eigenvalue weighted by molar-refractivity contribution is 5.61. The predicted octanol–water partition coefficient (Wildman–Crippen LogP) is 3.77. The second kappa shape index (κ2) is 5.75. The van der Waals surface area contributed by atoms with Gasteiger partial charge in [-0.1, -0.05) is 12.1 Å². The molecule has 0 fully saturated rings. The molecule has 0 radical (unpaired) electrons. The van der Waals surface area contributed by atoms with Crippen LogP contribution in [0.15, 0.2) is 42.5 Å². The van der Waals surface area contributed by atoms with Crippen molar-refractivity contribution >= 4 is 11.4 Å². The van der Waals surface area contributed by atoms with Gasteiger partial charge in [-0.15, -0.1) is 0 Å². The molecule has 0 aliphatic carbocycles. The fraction of sp³-hybridized carbons (Fsp3) is 0.133. The maximum atomic E-state index is 12.4. The average Bonchev–Trinajstić information content (AvgIpc) is 2.46. The first-order valence-electron chi connectivity index (χ1n) is 6.10. The summed E-state index contributed by atoms with van der Waals surface area (Å²) in [6, 6.07) is 11.8. The Balaban J connectivity index is 2.05. The summed E-state index contributed by atoms with van der Waals surface area (Å²) in [4.78, 5) is 0. The number of alkyl halides is 3. The Labute approximate surface area is 119 Å². The van der Waals surface area contributed by atoms with Crippen molar-refractivity contribution in [2.75, 3.05) is 11.1 Å². The van der Waals surface area contributed by atoms with Crippen molar-refractivity contribution in [2.45, 2.75) is 12.7 Å². The molecule has 2 aromatic rings. The molecule has 3 N–H and O–H groups in total. The topological polar surface area (TPSA) is 61.8 Å². The molecule has 0 atom stereocenters. The summed E-state index contributed by atoms with van der Waals surface area (Å²) in [5, 5.41) is 11.9. The zero-order valence-electron chi connectivity index (χ0n) is 10.9. The van der Waals surface area contributed by atoms with Crippen LogP contribution in [0.1, 0.15) is 16.7 Å². The second-order valence-corrected chi connectivity index (χ2v) is 4.46. The predicted molar refractivity (Wildman–Crippen MR) is 74.3 cm³/mol. The van der Waals surface area contributed by atoms with Gasteiger partial charge in [-0.05, 0) is 35.9 Å². The van der Waals surface area contributed by atoms with E-state index < -0.39 is 11.7 Å². The Morgan fingerprint density at radius 3 is 2.33 bits per heavy atom. The number of nitrogen functional groups attached to an aromatic ring is 1. The minimum Gasteiger partial charge on any atom is -0.398 e. The van der Waals surface area contributed by atoms with Gasteiger partial charge < -0.3 is 11.1 Å². The van der Waals surface area contributed by atoms with Crippen molar-refractivity contribution in [1.29, 1.82) is 5.26 Å². The minimum atomic E-state index is -4.33. The Bertz CT molecular complexity index is 670. The number of nitrogens with one attached hydrogen (secondary N) is 1. The SMILES string of the molecule is N#Cc1cc(NCc2ccc(C(F)(F)F)cc2)ccc1N. The number of anilines is 2. The first-order valence-corrected chi connectivity index (χ1v) is 6.10. The van der Waals surface area contributed by atoms with Gasteiger partial charge in [-0.25, -0.2) is 0 Å². The molecule has 0 aromatic heterocycles. The van der Waals surface area contributed by atoms with Crippen molar-refractivity contribution in [3.05, 3.63) is 59.2 Å². The molecule has 2 aromatic carbocycles. The standard InChI is InChI=1S/C15H12F3N3/c16-15(17,18)12-3-1-10(2-4-12)9-21-13-5-6-14(20)11(7-13)8-19/h1-7,21H,9,20H2. The minimum absolute atomic E-state index is 0.354. The molecule has 108 valence electrons. The van der Waals surface area contributed by atoms with Crippen LogP contribution in [0.3, 0.4) is 0 Å². The largest absolute Gasteiger partial charge is 0.416 e. The molecule has 3 nitrogen and oxygen atoms in total. The van der Waals surface area contributed by atoms with Gasteiger partial charge in [-0.3, -0.25) is 0 Å². The molecule has 0 saturated heterocycles. The van der Waals surface area contributed by atoms with Gasteiger partial charge in [0.2, 0.25) is 0 Å². The quantitative estimate of drug-likeness (QED) is 0.846. The zero-order valence-corrected chi connectivity index (χ0v) is 10.9. The Morgan fingerprint density at radius 2 is 1.76 bits per heavy atom. The van der Waals surface area contributed by atoms with Gasteiger partial charge in [0.05, 0.1) is 11.1 Å². The Kier molecular flexibility index (Phi) is 4.03. The number of hydrogen-bond donors (Lipinski definition) is 2. The second-order valence-electron chi connectivity index (χ2n) is 4.46. The molecule has 0 aliphatic rings. The van der Waals surface area contributed by atoms with E-state index in [0.29, 0.717) is 29.0 Å². The van der Waals surface area contributed by atoms with Gasteiger partial charge in [0.15, 0.2) is 0 Å². The smallest absolute Gasteiger partial charge is 0.398 e. The molecule has 21 heavy (non-hydrogen) atoms. The lowest BCUT2D eigenvalue weighted by Crippen LogP contribution is -2.05. The van der Waals surface area contributed by atoms with Gasteiger partial charge in [-0.2, -0.15) is 18.4 Å². The molecule has 0 aliphatic heterocycles. The van der Waals surface area contributed by atoms with E-state index in [-0.39, 0.29) is 0 Å². The van der Waals surface area contributed by atoms with E-state index in [1.165, 1.54) is 12.1 Å². The molecular weight excluding hydrogens is 279 g/mol. The van der Waals surface area contributed by atoms with E-state index in [1.54, 1.807) is 18.2 Å². The monoisotopic (exact) mass is 291 g/mol. The van der Waals surface area contributed by atoms with E-state index in [2.05, 4.69) is 5.32 Å². The average molecular weight is 291 g/mol. The van der Waals surface area contributed by atoms with Crippen LogP contribution >= 0.6 is 0 Å². The van der Waals surface area contributed by atoms with Crippen LogP contribution < -0.4 is 11.1 Å². The Hall–Kier alpha value is -2.68. The molecule has 0 saturated carbocycles. The van der Waals surface area contributed by atoms with Gasteiger partial charge in [0.25, 0.3) is 0 Å². The molecule has 0 amide bonds. The van der Waals surface area contributed by atoms with E-state index in [0.717, 1.165) is 12.1 Å². The lowest BCUT2D eigenvalue weighted by atomic mass is 10.1. The molecule has 0 bridgehead atoms. The number of halogens is 3. The van der Waals surface area contributed by atoms with E-state index in [1.807, 2.05) is 6.07 Å². The first-order chi connectivity index (χ1) is 9.90. The molecule has 0 spiro atoms. The molecule has 6 heteroatoms. The number of hydrogen-bond acceptors (Lipinski definition) is 3. The highest BCUT2D eigenvalue weighted by atomic mass is 19.4. The van der Waals surface area contributed by atoms with Crippen LogP contribution in [0.25, 0.3) is 0 Å². The van der Waals surface area contributed by atoms with Crippen LogP contribution in [0.5, 0.6) is 0 Å². The maximum Gasteiger partial charge on any atom is 0.416 e. The highest BCUT2D eigenvalue weighted by Crippen LogP contribution is 2.29. The summed E-state index contributed by atoms with van der Waals surface area (Å²) in [5.41, 5.74) is 7.06. The summed E-state index contributed by atoms with van der Waals surface area (Å²) < 4.78 is 37.3. The third-order valence-electron chi connectivity index (χ3n) is 2.95. The summed E-state index contributed by atoms with van der Waals surface area (Å²) >= 11 is 0. The van der Waals surface area contributed by atoms with E-state index in [4.69, 9.17) is 11.0 Å². The number of rotatable bonds is 3. The van der Waals surface area contributed by atoms with Crippen LogP contribution in [0, 0.1) is 11.3 Å². The number of nitrogens with zero attached hydrogens (tertiary/aromatic N) is 1. The van der Waals surface area contributed by atoms with E-state index >= 15 is 0 Å². The van der Waals surface area contributed by atoms with Gasteiger partial charge >= 0.3 is 6.18 Å². The molecule has 2 rings (SSSR count).